The van der Waals surface area contributed by atoms with Crippen LogP contribution < -0.4 is 5.32 Å². The summed E-state index contributed by atoms with van der Waals surface area (Å²) in [5.74, 6) is -1.30. The van der Waals surface area contributed by atoms with Crippen molar-refractivity contribution in [3.8, 4) is 0 Å². The molecule has 0 heterocycles. The molecule has 2 N–H and O–H groups in total. The van der Waals surface area contributed by atoms with E-state index in [1.807, 2.05) is 13.0 Å². The van der Waals surface area contributed by atoms with Crippen LogP contribution in [0.5, 0.6) is 0 Å². The number of hydrogen-bond donors (Lipinski definition) is 2. The first-order valence-corrected chi connectivity index (χ1v) is 5.84. The Bertz CT molecular complexity index is 638. The van der Waals surface area contributed by atoms with Gasteiger partial charge in [-0.15, -0.1) is 0 Å². The zero-order valence-electron chi connectivity index (χ0n) is 10.7. The largest absolute Gasteiger partial charge is 0.478 e. The monoisotopic (exact) mass is 259 g/mol. The first-order valence-electron chi connectivity index (χ1n) is 5.84. The quantitative estimate of drug-likeness (QED) is 0.879. The predicted octanol–water partition coefficient (Wildman–Crippen LogP) is 3.88. The fourth-order valence-corrected chi connectivity index (χ4v) is 1.86. The van der Waals surface area contributed by atoms with E-state index in [4.69, 9.17) is 5.11 Å². The topological polar surface area (TPSA) is 49.3 Å². The molecule has 0 aromatic heterocycles. The Morgan fingerprint density at radius 2 is 1.89 bits per heavy atom. The van der Waals surface area contributed by atoms with Crippen molar-refractivity contribution >= 4 is 17.3 Å². The van der Waals surface area contributed by atoms with Gasteiger partial charge >= 0.3 is 5.97 Å². The molecule has 2 rings (SSSR count). The lowest BCUT2D eigenvalue weighted by Gasteiger charge is -2.10. The molecule has 0 aliphatic rings. The van der Waals surface area contributed by atoms with E-state index >= 15 is 0 Å². The number of benzene rings is 2. The molecule has 0 saturated carbocycles. The van der Waals surface area contributed by atoms with Crippen LogP contribution in [-0.2, 0) is 0 Å². The fraction of sp³-hybridized carbons (Fsp3) is 0.133. The van der Waals surface area contributed by atoms with E-state index in [-0.39, 0.29) is 11.4 Å². The van der Waals surface area contributed by atoms with Gasteiger partial charge in [0.15, 0.2) is 0 Å². The molecule has 0 unspecified atom stereocenters. The third-order valence-corrected chi connectivity index (χ3v) is 2.86. The molecule has 3 nitrogen and oxygen atoms in total. The molecule has 0 amide bonds. The van der Waals surface area contributed by atoms with Crippen LogP contribution in [0.3, 0.4) is 0 Å². The van der Waals surface area contributed by atoms with Gasteiger partial charge in [0.1, 0.15) is 5.82 Å². The van der Waals surface area contributed by atoms with Gasteiger partial charge in [-0.3, -0.25) is 0 Å². The lowest BCUT2D eigenvalue weighted by atomic mass is 10.1. The zero-order chi connectivity index (χ0) is 14.0. The zero-order valence-corrected chi connectivity index (χ0v) is 10.7. The number of carboxylic acids is 1. The Labute approximate surface area is 110 Å². The highest BCUT2D eigenvalue weighted by Crippen LogP contribution is 2.22. The van der Waals surface area contributed by atoms with Crippen molar-refractivity contribution in [3.05, 3.63) is 58.9 Å². The molecule has 0 fully saturated rings. The number of carbonyl (C=O) groups is 1. The number of anilines is 2. The van der Waals surface area contributed by atoms with Crippen LogP contribution in [0.2, 0.25) is 0 Å². The van der Waals surface area contributed by atoms with Gasteiger partial charge in [-0.05, 0) is 55.3 Å². The van der Waals surface area contributed by atoms with Crippen molar-refractivity contribution in [2.45, 2.75) is 13.8 Å². The Kier molecular flexibility index (Phi) is 3.51. The van der Waals surface area contributed by atoms with Gasteiger partial charge in [-0.1, -0.05) is 6.07 Å². The standard InChI is InChI=1S/C15H14FNO2/c1-9-3-6-14(13(16)7-9)17-11-4-5-12(15(18)19)10(2)8-11/h3-8,17H,1-2H3,(H,18,19). The number of rotatable bonds is 3. The molecule has 0 atom stereocenters. The summed E-state index contributed by atoms with van der Waals surface area (Å²) in [7, 11) is 0. The minimum Gasteiger partial charge on any atom is -0.478 e. The molecule has 19 heavy (non-hydrogen) atoms. The molecular weight excluding hydrogens is 245 g/mol. The van der Waals surface area contributed by atoms with Gasteiger partial charge in [0.05, 0.1) is 11.3 Å². The first-order chi connectivity index (χ1) is 8.97. The van der Waals surface area contributed by atoms with Crippen LogP contribution in [0.1, 0.15) is 21.5 Å². The number of aromatic carboxylic acids is 1. The van der Waals surface area contributed by atoms with E-state index in [1.165, 1.54) is 12.1 Å². The van der Waals surface area contributed by atoms with Crippen molar-refractivity contribution < 1.29 is 14.3 Å². The molecule has 0 bridgehead atoms. The van der Waals surface area contributed by atoms with Crippen LogP contribution in [0.4, 0.5) is 15.8 Å². The number of hydrogen-bond acceptors (Lipinski definition) is 2. The van der Waals surface area contributed by atoms with Crippen LogP contribution in [0, 0.1) is 19.7 Å². The number of halogens is 1. The molecule has 2 aromatic carbocycles. The second-order valence-electron chi connectivity index (χ2n) is 4.44. The first kappa shape index (κ1) is 13.1. The smallest absolute Gasteiger partial charge is 0.335 e. The van der Waals surface area contributed by atoms with Crippen LogP contribution in [0.15, 0.2) is 36.4 Å². The Morgan fingerprint density at radius 3 is 2.47 bits per heavy atom. The normalized spacial score (nSPS) is 10.3. The molecule has 0 radical (unpaired) electrons. The van der Waals surface area contributed by atoms with Crippen molar-refractivity contribution in [1.82, 2.24) is 0 Å². The maximum atomic E-state index is 13.7. The molecule has 2 aromatic rings. The minimum atomic E-state index is -0.967. The van der Waals surface area contributed by atoms with E-state index < -0.39 is 5.97 Å². The van der Waals surface area contributed by atoms with Gasteiger partial charge in [0.2, 0.25) is 0 Å². The SMILES string of the molecule is Cc1ccc(Nc2ccc(C(=O)O)c(C)c2)c(F)c1. The lowest BCUT2D eigenvalue weighted by molar-refractivity contribution is 0.0696. The van der Waals surface area contributed by atoms with Gasteiger partial charge in [-0.2, -0.15) is 0 Å². The summed E-state index contributed by atoms with van der Waals surface area (Å²) in [5.41, 5.74) is 2.75. The molecule has 0 aliphatic heterocycles. The lowest BCUT2D eigenvalue weighted by Crippen LogP contribution is -2.01. The second kappa shape index (κ2) is 5.10. The van der Waals surface area contributed by atoms with Crippen LogP contribution >= 0.6 is 0 Å². The van der Waals surface area contributed by atoms with E-state index in [2.05, 4.69) is 5.32 Å². The highest BCUT2D eigenvalue weighted by atomic mass is 19.1. The Morgan fingerprint density at radius 1 is 1.16 bits per heavy atom. The van der Waals surface area contributed by atoms with E-state index in [0.29, 0.717) is 16.9 Å². The van der Waals surface area contributed by atoms with Crippen molar-refractivity contribution in [3.63, 3.8) is 0 Å². The van der Waals surface area contributed by atoms with Gasteiger partial charge < -0.3 is 10.4 Å². The fourth-order valence-electron chi connectivity index (χ4n) is 1.86. The summed E-state index contributed by atoms with van der Waals surface area (Å²) >= 11 is 0. The van der Waals surface area contributed by atoms with Crippen LogP contribution in [0.25, 0.3) is 0 Å². The second-order valence-corrected chi connectivity index (χ2v) is 4.44. The molecule has 98 valence electrons. The van der Waals surface area contributed by atoms with E-state index in [9.17, 15) is 9.18 Å². The maximum absolute atomic E-state index is 13.7. The highest BCUT2D eigenvalue weighted by molar-refractivity contribution is 5.90. The minimum absolute atomic E-state index is 0.245. The summed E-state index contributed by atoms with van der Waals surface area (Å²) in [5, 5.41) is 11.9. The molecular formula is C15H14FNO2. The highest BCUT2D eigenvalue weighted by Gasteiger charge is 2.08. The number of aryl methyl sites for hydroxylation is 2. The summed E-state index contributed by atoms with van der Waals surface area (Å²) < 4.78 is 13.7. The average molecular weight is 259 g/mol. The molecule has 0 saturated heterocycles. The predicted molar refractivity (Wildman–Crippen MR) is 72.6 cm³/mol. The molecule has 0 aliphatic carbocycles. The van der Waals surface area contributed by atoms with E-state index in [1.54, 1.807) is 25.1 Å². The summed E-state index contributed by atoms with van der Waals surface area (Å²) in [6.07, 6.45) is 0. The summed E-state index contributed by atoms with van der Waals surface area (Å²) in [6.45, 7) is 3.53. The van der Waals surface area contributed by atoms with Crippen LogP contribution in [-0.4, -0.2) is 11.1 Å². The number of carboxylic acid groups (broad SMARTS) is 1. The Hall–Kier alpha value is -2.36. The van der Waals surface area contributed by atoms with Gasteiger partial charge in [-0.25, -0.2) is 9.18 Å². The average Bonchev–Trinajstić information content (AvgIpc) is 2.32. The van der Waals surface area contributed by atoms with Gasteiger partial charge in [0, 0.05) is 5.69 Å². The van der Waals surface area contributed by atoms with Crippen molar-refractivity contribution in [2.24, 2.45) is 0 Å². The molecule has 4 heteroatoms. The summed E-state index contributed by atoms with van der Waals surface area (Å²) in [6, 6.07) is 9.72. The third kappa shape index (κ3) is 2.91. The molecule has 0 spiro atoms. The number of nitrogens with one attached hydrogen (secondary N) is 1. The third-order valence-electron chi connectivity index (χ3n) is 2.86. The maximum Gasteiger partial charge on any atom is 0.335 e. The Balaban J connectivity index is 2.29. The van der Waals surface area contributed by atoms with Crippen molar-refractivity contribution in [1.29, 1.82) is 0 Å². The van der Waals surface area contributed by atoms with Crippen molar-refractivity contribution in [2.75, 3.05) is 5.32 Å². The van der Waals surface area contributed by atoms with E-state index in [0.717, 1.165) is 5.56 Å². The van der Waals surface area contributed by atoms with Gasteiger partial charge in [0.25, 0.3) is 0 Å². The summed E-state index contributed by atoms with van der Waals surface area (Å²) in [4.78, 5) is 10.9.